The minimum absolute atomic E-state index is 0.376. The van der Waals surface area contributed by atoms with E-state index >= 15 is 0 Å². The number of ether oxygens (including phenoxy) is 1. The first-order chi connectivity index (χ1) is 12.2. The Hall–Kier alpha value is -2.99. The van der Waals surface area contributed by atoms with Crippen molar-refractivity contribution < 1.29 is 14.3 Å². The lowest BCUT2D eigenvalue weighted by Gasteiger charge is -2.19. The molecule has 26 heavy (non-hydrogen) atoms. The number of alkyl carbamates (subject to hydrolysis) is 1. The van der Waals surface area contributed by atoms with Gasteiger partial charge in [-0.3, -0.25) is 4.79 Å². The van der Waals surface area contributed by atoms with Gasteiger partial charge in [-0.25, -0.2) is 4.79 Å². The molecule has 1 heterocycles. The minimum Gasteiger partial charge on any atom is -0.444 e. The summed E-state index contributed by atoms with van der Waals surface area (Å²) in [5, 5.41) is 6.66. The van der Waals surface area contributed by atoms with Crippen LogP contribution >= 0.6 is 0 Å². The van der Waals surface area contributed by atoms with Gasteiger partial charge in [0.2, 0.25) is 0 Å². The molecule has 1 N–H and O–H groups in total. The number of aryl methyl sites for hydroxylation is 2. The highest BCUT2D eigenvalue weighted by molar-refractivity contribution is 6.07. The average Bonchev–Trinajstić information content (AvgIpc) is 2.88. The number of carbonyl (C=O) groups excluding carboxylic acids is 2. The quantitative estimate of drug-likeness (QED) is 0.372. The summed E-state index contributed by atoms with van der Waals surface area (Å²) in [7, 11) is 0. The van der Waals surface area contributed by atoms with Gasteiger partial charge in [-0.15, -0.1) is 0 Å². The number of fused-ring (bicyclic) bond motifs is 1. The van der Waals surface area contributed by atoms with Gasteiger partial charge in [0.1, 0.15) is 5.60 Å². The molecule has 8 nitrogen and oxygen atoms in total. The van der Waals surface area contributed by atoms with Crippen LogP contribution in [-0.2, 0) is 11.3 Å². The van der Waals surface area contributed by atoms with Gasteiger partial charge in [0, 0.05) is 40.7 Å². The van der Waals surface area contributed by atoms with Gasteiger partial charge >= 0.3 is 6.09 Å². The van der Waals surface area contributed by atoms with Crippen molar-refractivity contribution in [3.63, 3.8) is 0 Å². The molecule has 0 saturated heterocycles. The van der Waals surface area contributed by atoms with Crippen LogP contribution < -0.4 is 5.32 Å². The number of nitrogens with zero attached hydrogens (tertiary/aromatic N) is 4. The molecule has 8 heteroatoms. The molecule has 2 rings (SSSR count). The summed E-state index contributed by atoms with van der Waals surface area (Å²) in [6, 6.07) is 5.78. The minimum atomic E-state index is -0.603. The second kappa shape index (κ2) is 7.93. The Bertz CT molecular complexity index is 873. The predicted octanol–water partition coefficient (Wildman–Crippen LogP) is 4.32. The molecule has 0 bridgehead atoms. The van der Waals surface area contributed by atoms with Gasteiger partial charge in [-0.05, 0) is 56.9 Å². The molecule has 0 aliphatic rings. The third kappa shape index (κ3) is 5.00. The summed E-state index contributed by atoms with van der Waals surface area (Å²) < 4.78 is 7.11. The number of amides is 2. The molecular weight excluding hydrogens is 334 g/mol. The van der Waals surface area contributed by atoms with Crippen LogP contribution in [0.3, 0.4) is 0 Å². The van der Waals surface area contributed by atoms with Crippen LogP contribution in [0.25, 0.3) is 21.3 Å². The number of hydrogen-bond acceptors (Lipinski definition) is 3. The van der Waals surface area contributed by atoms with Crippen molar-refractivity contribution in [1.82, 2.24) is 9.88 Å². The Morgan fingerprint density at radius 1 is 1.35 bits per heavy atom. The number of aromatic nitrogens is 1. The number of carbonyl (C=O) groups is 2. The second-order valence-electron chi connectivity index (χ2n) is 7.03. The van der Waals surface area contributed by atoms with Crippen LogP contribution in [0.15, 0.2) is 29.5 Å². The average molecular weight is 357 g/mol. The smallest absolute Gasteiger partial charge is 0.407 e. The van der Waals surface area contributed by atoms with Crippen molar-refractivity contribution in [2.45, 2.75) is 46.3 Å². The predicted molar refractivity (Wildman–Crippen MR) is 99.0 cm³/mol. The van der Waals surface area contributed by atoms with E-state index in [4.69, 9.17) is 10.3 Å². The maximum Gasteiger partial charge on any atom is 0.407 e. The molecule has 2 amide bonds. The van der Waals surface area contributed by atoms with Crippen LogP contribution in [0.2, 0.25) is 0 Å². The molecule has 0 unspecified atom stereocenters. The largest absolute Gasteiger partial charge is 0.444 e. The van der Waals surface area contributed by atoms with Crippen LogP contribution in [0.5, 0.6) is 0 Å². The standard InChI is InChI=1S/C18H23N5O3/c1-12-6-7-15-13(10-12)14(16(24)21-22-19)11-23(15)9-5-8-20-17(25)26-18(2,3)4/h6-7,10-11H,5,8-9H2,1-4H3,(H,20,25). The Morgan fingerprint density at radius 2 is 2.08 bits per heavy atom. The lowest BCUT2D eigenvalue weighted by molar-refractivity contribution is 0.0526. The van der Waals surface area contributed by atoms with E-state index in [1.165, 1.54) is 0 Å². The molecule has 0 radical (unpaired) electrons. The fraction of sp³-hybridized carbons (Fsp3) is 0.444. The highest BCUT2D eigenvalue weighted by atomic mass is 16.6. The zero-order valence-electron chi connectivity index (χ0n) is 15.4. The van der Waals surface area contributed by atoms with Crippen molar-refractivity contribution >= 4 is 22.9 Å². The first-order valence-corrected chi connectivity index (χ1v) is 8.37. The first kappa shape index (κ1) is 19.3. The zero-order valence-corrected chi connectivity index (χ0v) is 15.4. The van der Waals surface area contributed by atoms with E-state index in [1.807, 2.05) is 50.5 Å². The maximum absolute atomic E-state index is 12.0. The third-order valence-corrected chi connectivity index (χ3v) is 3.65. The van der Waals surface area contributed by atoms with Crippen LogP contribution in [-0.4, -0.2) is 28.7 Å². The van der Waals surface area contributed by atoms with Crippen molar-refractivity contribution in [2.75, 3.05) is 6.54 Å². The topological polar surface area (TPSA) is 109 Å². The third-order valence-electron chi connectivity index (χ3n) is 3.65. The first-order valence-electron chi connectivity index (χ1n) is 8.37. The lowest BCUT2D eigenvalue weighted by atomic mass is 10.1. The van der Waals surface area contributed by atoms with Gasteiger partial charge < -0.3 is 14.6 Å². The van der Waals surface area contributed by atoms with Crippen LogP contribution in [0.4, 0.5) is 4.79 Å². The Kier molecular flexibility index (Phi) is 5.90. The Labute approximate surface area is 151 Å². The molecule has 0 aliphatic heterocycles. The van der Waals surface area contributed by atoms with Gasteiger partial charge in [0.25, 0.3) is 5.91 Å². The van der Waals surface area contributed by atoms with Gasteiger partial charge in [0.15, 0.2) is 0 Å². The normalized spacial score (nSPS) is 11.1. The highest BCUT2D eigenvalue weighted by Gasteiger charge is 2.16. The number of hydrogen-bond donors (Lipinski definition) is 1. The molecule has 0 aliphatic carbocycles. The molecule has 2 aromatic rings. The zero-order chi connectivity index (χ0) is 19.3. The van der Waals surface area contributed by atoms with Crippen LogP contribution in [0.1, 0.15) is 43.1 Å². The van der Waals surface area contributed by atoms with E-state index in [9.17, 15) is 9.59 Å². The number of benzene rings is 1. The van der Waals surface area contributed by atoms with Gasteiger partial charge in [0.05, 0.1) is 0 Å². The number of nitrogens with one attached hydrogen (secondary N) is 1. The molecule has 1 aromatic heterocycles. The summed E-state index contributed by atoms with van der Waals surface area (Å²) in [5.74, 6) is -0.603. The van der Waals surface area contributed by atoms with E-state index in [1.54, 1.807) is 6.20 Å². The fourth-order valence-corrected chi connectivity index (χ4v) is 2.61. The molecule has 0 spiro atoms. The highest BCUT2D eigenvalue weighted by Crippen LogP contribution is 2.24. The Morgan fingerprint density at radius 3 is 2.73 bits per heavy atom. The number of rotatable bonds is 5. The van der Waals surface area contributed by atoms with Crippen LogP contribution in [0, 0.1) is 6.92 Å². The van der Waals surface area contributed by atoms with Crippen molar-refractivity contribution in [3.05, 3.63) is 46.0 Å². The monoisotopic (exact) mass is 357 g/mol. The summed E-state index contributed by atoms with van der Waals surface area (Å²) >= 11 is 0. The van der Waals surface area contributed by atoms with E-state index in [-0.39, 0.29) is 0 Å². The van der Waals surface area contributed by atoms with Gasteiger partial charge in [-0.2, -0.15) is 0 Å². The Balaban J connectivity index is 2.09. The molecular formula is C18H23N5O3. The van der Waals surface area contributed by atoms with Crippen molar-refractivity contribution in [1.29, 1.82) is 0 Å². The molecule has 0 atom stereocenters. The number of azide groups is 1. The van der Waals surface area contributed by atoms with E-state index in [2.05, 4.69) is 15.3 Å². The van der Waals surface area contributed by atoms with E-state index in [0.29, 0.717) is 25.1 Å². The molecule has 0 saturated carbocycles. The maximum atomic E-state index is 12.0. The van der Waals surface area contributed by atoms with Gasteiger partial charge in [-0.1, -0.05) is 11.6 Å². The van der Waals surface area contributed by atoms with Crippen molar-refractivity contribution in [2.24, 2.45) is 5.11 Å². The van der Waals surface area contributed by atoms with Crippen molar-refractivity contribution in [3.8, 4) is 0 Å². The SMILES string of the molecule is Cc1ccc2c(c1)c(C(=O)N=[N+]=[N-])cn2CCCNC(=O)OC(C)(C)C. The second-order valence-corrected chi connectivity index (χ2v) is 7.03. The molecule has 1 aromatic carbocycles. The van der Waals surface area contributed by atoms with E-state index in [0.717, 1.165) is 16.5 Å². The lowest BCUT2D eigenvalue weighted by Crippen LogP contribution is -2.33. The summed E-state index contributed by atoms with van der Waals surface area (Å²) in [6.07, 6.45) is 1.89. The summed E-state index contributed by atoms with van der Waals surface area (Å²) in [5.41, 5.74) is 10.2. The molecule has 0 fully saturated rings. The fourth-order valence-electron chi connectivity index (χ4n) is 2.61. The van der Waals surface area contributed by atoms with E-state index < -0.39 is 17.6 Å². The summed E-state index contributed by atoms with van der Waals surface area (Å²) in [6.45, 7) is 8.40. The summed E-state index contributed by atoms with van der Waals surface area (Å²) in [4.78, 5) is 26.3. The molecule has 138 valence electrons.